The smallest absolute Gasteiger partial charge is 0.337 e. The van der Waals surface area contributed by atoms with E-state index < -0.39 is 16.0 Å². The molecule has 1 aliphatic carbocycles. The fourth-order valence-electron chi connectivity index (χ4n) is 2.11. The van der Waals surface area contributed by atoms with Crippen LogP contribution in [0.5, 0.6) is 0 Å². The molecular formula is C12H16N2O5S. The van der Waals surface area contributed by atoms with Gasteiger partial charge in [0.25, 0.3) is 0 Å². The molecule has 1 aliphatic rings. The second-order valence-corrected chi connectivity index (χ2v) is 6.64. The highest BCUT2D eigenvalue weighted by Gasteiger charge is 2.29. The van der Waals surface area contributed by atoms with E-state index in [1.54, 1.807) is 0 Å². The molecule has 0 unspecified atom stereocenters. The molecule has 110 valence electrons. The molecule has 1 aromatic carbocycles. The molecule has 20 heavy (non-hydrogen) atoms. The van der Waals surface area contributed by atoms with Crippen LogP contribution >= 0.6 is 0 Å². The first-order valence-electron chi connectivity index (χ1n) is 6.10. The Kier molecular flexibility index (Phi) is 3.98. The van der Waals surface area contributed by atoms with Crippen molar-refractivity contribution in [1.29, 1.82) is 0 Å². The van der Waals surface area contributed by atoms with Gasteiger partial charge in [0.1, 0.15) is 0 Å². The average Bonchev–Trinajstić information content (AvgIpc) is 2.32. The van der Waals surface area contributed by atoms with Crippen molar-refractivity contribution in [2.75, 3.05) is 12.3 Å². The van der Waals surface area contributed by atoms with E-state index in [-0.39, 0.29) is 34.7 Å². The van der Waals surface area contributed by atoms with E-state index in [0.29, 0.717) is 12.8 Å². The highest BCUT2D eigenvalue weighted by Crippen LogP contribution is 2.27. The predicted octanol–water partition coefficient (Wildman–Crippen LogP) is 0.0162. The zero-order valence-electron chi connectivity index (χ0n) is 10.6. The number of carboxylic acids is 1. The predicted molar refractivity (Wildman–Crippen MR) is 71.7 cm³/mol. The summed E-state index contributed by atoms with van der Waals surface area (Å²) in [6, 6.07) is 3.63. The van der Waals surface area contributed by atoms with Gasteiger partial charge in [0.15, 0.2) is 0 Å². The SMILES string of the molecule is Nc1ccc(C(=O)O)c(S(=O)(=O)NCC2CC(O)C2)c1. The number of aliphatic hydroxyl groups is 1. The number of aromatic carboxylic acids is 1. The zero-order chi connectivity index (χ0) is 14.9. The highest BCUT2D eigenvalue weighted by atomic mass is 32.2. The molecule has 0 aliphatic heterocycles. The lowest BCUT2D eigenvalue weighted by Gasteiger charge is -2.31. The molecule has 7 nitrogen and oxygen atoms in total. The summed E-state index contributed by atoms with van der Waals surface area (Å²) in [5.41, 5.74) is 5.37. The fourth-order valence-corrected chi connectivity index (χ4v) is 3.46. The van der Waals surface area contributed by atoms with Gasteiger partial charge in [0.2, 0.25) is 10.0 Å². The van der Waals surface area contributed by atoms with Crippen LogP contribution in [0.3, 0.4) is 0 Å². The molecule has 0 saturated heterocycles. The molecule has 0 spiro atoms. The van der Waals surface area contributed by atoms with Crippen molar-refractivity contribution < 1.29 is 23.4 Å². The van der Waals surface area contributed by atoms with Crippen LogP contribution in [0.4, 0.5) is 5.69 Å². The van der Waals surface area contributed by atoms with Crippen molar-refractivity contribution in [3.8, 4) is 0 Å². The molecule has 1 saturated carbocycles. The lowest BCUT2D eigenvalue weighted by atomic mass is 9.83. The highest BCUT2D eigenvalue weighted by molar-refractivity contribution is 7.89. The van der Waals surface area contributed by atoms with Crippen molar-refractivity contribution >= 4 is 21.7 Å². The monoisotopic (exact) mass is 300 g/mol. The summed E-state index contributed by atoms with van der Waals surface area (Å²) in [6.45, 7) is 0.174. The molecule has 0 aromatic heterocycles. The number of carboxylic acid groups (broad SMARTS) is 1. The van der Waals surface area contributed by atoms with E-state index >= 15 is 0 Å². The minimum atomic E-state index is -3.94. The number of benzene rings is 1. The fraction of sp³-hybridized carbons (Fsp3) is 0.417. The number of nitrogen functional groups attached to an aromatic ring is 1. The second kappa shape index (κ2) is 5.39. The van der Waals surface area contributed by atoms with E-state index in [4.69, 9.17) is 15.9 Å². The molecule has 1 fully saturated rings. The number of rotatable bonds is 5. The normalized spacial score (nSPS) is 22.2. The summed E-state index contributed by atoms with van der Waals surface area (Å²) in [5.74, 6) is -1.25. The third-order valence-electron chi connectivity index (χ3n) is 3.30. The van der Waals surface area contributed by atoms with Crippen LogP contribution in [0.25, 0.3) is 0 Å². The van der Waals surface area contributed by atoms with Gasteiger partial charge < -0.3 is 15.9 Å². The van der Waals surface area contributed by atoms with Gasteiger partial charge in [-0.2, -0.15) is 0 Å². The topological polar surface area (TPSA) is 130 Å². The third-order valence-corrected chi connectivity index (χ3v) is 4.76. The number of hydrogen-bond donors (Lipinski definition) is 4. The maximum atomic E-state index is 12.1. The molecule has 5 N–H and O–H groups in total. The maximum absolute atomic E-state index is 12.1. The summed E-state index contributed by atoms with van der Waals surface area (Å²) in [7, 11) is -3.94. The van der Waals surface area contributed by atoms with Crippen LogP contribution in [0.2, 0.25) is 0 Å². The number of anilines is 1. The van der Waals surface area contributed by atoms with Crippen molar-refractivity contribution in [1.82, 2.24) is 4.72 Å². The molecule has 0 heterocycles. The van der Waals surface area contributed by atoms with E-state index in [9.17, 15) is 13.2 Å². The molecule has 0 amide bonds. The van der Waals surface area contributed by atoms with Crippen molar-refractivity contribution in [3.63, 3.8) is 0 Å². The third kappa shape index (κ3) is 3.09. The standard InChI is InChI=1S/C12H16N2O5S/c13-8-1-2-10(12(16)17)11(5-8)20(18,19)14-6-7-3-9(15)4-7/h1-2,5,7,9,14-15H,3-4,6,13H2,(H,16,17). The van der Waals surface area contributed by atoms with Gasteiger partial charge in [0.05, 0.1) is 16.6 Å². The van der Waals surface area contributed by atoms with Crippen LogP contribution in [-0.2, 0) is 10.0 Å². The van der Waals surface area contributed by atoms with Gasteiger partial charge in [-0.1, -0.05) is 0 Å². The van der Waals surface area contributed by atoms with Crippen LogP contribution in [0.1, 0.15) is 23.2 Å². The first-order valence-corrected chi connectivity index (χ1v) is 7.58. The summed E-state index contributed by atoms with van der Waals surface area (Å²) in [4.78, 5) is 10.7. The number of nitrogens with two attached hydrogens (primary N) is 1. The van der Waals surface area contributed by atoms with E-state index in [0.717, 1.165) is 6.07 Å². The quantitative estimate of drug-likeness (QED) is 0.567. The summed E-state index contributed by atoms with van der Waals surface area (Å²) in [6.07, 6.45) is 0.725. The van der Waals surface area contributed by atoms with Crippen molar-refractivity contribution in [3.05, 3.63) is 23.8 Å². The molecule has 0 atom stereocenters. The minimum absolute atomic E-state index is 0.0779. The Labute approximate surface area is 116 Å². The minimum Gasteiger partial charge on any atom is -0.478 e. The summed E-state index contributed by atoms with van der Waals surface area (Å²) >= 11 is 0. The first kappa shape index (κ1) is 14.8. The molecule has 0 radical (unpaired) electrons. The lowest BCUT2D eigenvalue weighted by molar-refractivity contribution is 0.0453. The van der Waals surface area contributed by atoms with Crippen molar-refractivity contribution in [2.45, 2.75) is 23.8 Å². The van der Waals surface area contributed by atoms with Crippen molar-refractivity contribution in [2.24, 2.45) is 5.92 Å². The number of carbonyl (C=O) groups is 1. The number of nitrogens with one attached hydrogen (secondary N) is 1. The molecule has 8 heteroatoms. The van der Waals surface area contributed by atoms with E-state index in [1.807, 2.05) is 0 Å². The van der Waals surface area contributed by atoms with E-state index in [1.165, 1.54) is 12.1 Å². The Morgan fingerprint density at radius 1 is 1.40 bits per heavy atom. The molecule has 1 aromatic rings. The summed E-state index contributed by atoms with van der Waals surface area (Å²) in [5, 5.41) is 18.2. The van der Waals surface area contributed by atoms with Crippen LogP contribution in [0.15, 0.2) is 23.1 Å². The lowest BCUT2D eigenvalue weighted by Crippen LogP contribution is -2.38. The Hall–Kier alpha value is -1.64. The summed E-state index contributed by atoms with van der Waals surface area (Å²) < 4.78 is 26.6. The van der Waals surface area contributed by atoms with Gasteiger partial charge in [-0.15, -0.1) is 0 Å². The number of hydrogen-bond acceptors (Lipinski definition) is 5. The number of aliphatic hydroxyl groups excluding tert-OH is 1. The average molecular weight is 300 g/mol. The molecule has 2 rings (SSSR count). The van der Waals surface area contributed by atoms with Gasteiger partial charge in [-0.05, 0) is 37.0 Å². The van der Waals surface area contributed by atoms with Gasteiger partial charge in [-0.3, -0.25) is 0 Å². The Morgan fingerprint density at radius 3 is 2.60 bits per heavy atom. The van der Waals surface area contributed by atoms with Crippen LogP contribution in [-0.4, -0.2) is 37.2 Å². The second-order valence-electron chi connectivity index (χ2n) is 4.90. The zero-order valence-corrected chi connectivity index (χ0v) is 11.4. The van der Waals surface area contributed by atoms with Gasteiger partial charge >= 0.3 is 5.97 Å². The largest absolute Gasteiger partial charge is 0.478 e. The van der Waals surface area contributed by atoms with Crippen LogP contribution in [0, 0.1) is 5.92 Å². The van der Waals surface area contributed by atoms with Crippen LogP contribution < -0.4 is 10.5 Å². The Bertz CT molecular complexity index is 623. The van der Waals surface area contributed by atoms with Gasteiger partial charge in [-0.25, -0.2) is 17.9 Å². The molecular weight excluding hydrogens is 284 g/mol. The Morgan fingerprint density at radius 2 is 2.05 bits per heavy atom. The molecule has 0 bridgehead atoms. The first-order chi connectivity index (χ1) is 9.29. The van der Waals surface area contributed by atoms with Gasteiger partial charge in [0, 0.05) is 12.2 Å². The number of sulfonamides is 1. The Balaban J connectivity index is 2.20. The maximum Gasteiger partial charge on any atom is 0.337 e. The van der Waals surface area contributed by atoms with E-state index in [2.05, 4.69) is 4.72 Å².